The highest BCUT2D eigenvalue weighted by molar-refractivity contribution is 9.10. The fourth-order valence-corrected chi connectivity index (χ4v) is 8.05. The van der Waals surface area contributed by atoms with Crippen molar-refractivity contribution in [2.45, 2.75) is 33.6 Å². The maximum Gasteiger partial charge on any atom is 0.229 e. The molecule has 12 heteroatoms. The van der Waals surface area contributed by atoms with Crippen molar-refractivity contribution in [3.63, 3.8) is 0 Å². The summed E-state index contributed by atoms with van der Waals surface area (Å²) >= 11 is 3.56. The molecule has 0 spiro atoms. The summed E-state index contributed by atoms with van der Waals surface area (Å²) in [6, 6.07) is 17.7. The highest BCUT2D eigenvalue weighted by Crippen LogP contribution is 2.46. The predicted octanol–water partition coefficient (Wildman–Crippen LogP) is 9.45. The Balaban J connectivity index is 1.36. The molecule has 262 valence electrons. The lowest BCUT2D eigenvalue weighted by Crippen LogP contribution is -2.38. The van der Waals surface area contributed by atoms with Crippen LogP contribution in [0.15, 0.2) is 77.7 Å². The normalized spacial score (nSPS) is 14.1. The Bertz CT molecular complexity index is 2050. The van der Waals surface area contributed by atoms with Crippen molar-refractivity contribution in [3.05, 3.63) is 83.5 Å². The van der Waals surface area contributed by atoms with Crippen LogP contribution in [0.3, 0.4) is 0 Å². The van der Waals surface area contributed by atoms with E-state index >= 15 is 4.39 Å². The predicted molar refractivity (Wildman–Crippen MR) is 207 cm³/mol. The quantitative estimate of drug-likeness (QED) is 0.144. The zero-order valence-corrected chi connectivity index (χ0v) is 32.1. The zero-order chi connectivity index (χ0) is 35.8. The third-order valence-corrected chi connectivity index (χ3v) is 11.5. The molecule has 1 aliphatic rings. The van der Waals surface area contributed by atoms with Gasteiger partial charge in [0.05, 0.1) is 29.2 Å². The van der Waals surface area contributed by atoms with Gasteiger partial charge < -0.3 is 24.8 Å². The molecule has 0 atom stereocenters. The number of anilines is 5. The highest BCUT2D eigenvalue weighted by Gasteiger charge is 2.32. The molecule has 0 unspecified atom stereocenters. The second kappa shape index (κ2) is 14.2. The van der Waals surface area contributed by atoms with E-state index in [-0.39, 0.29) is 17.1 Å². The maximum absolute atomic E-state index is 17.0. The Kier molecular flexibility index (Phi) is 10.1. The van der Waals surface area contributed by atoms with Crippen LogP contribution < -0.4 is 25.6 Å². The molecule has 1 aliphatic heterocycles. The largest absolute Gasteiger partial charge is 0.494 e. The summed E-state index contributed by atoms with van der Waals surface area (Å²) in [6.45, 7) is 12.0. The summed E-state index contributed by atoms with van der Waals surface area (Å²) in [6.07, 6.45) is 7.13. The summed E-state index contributed by atoms with van der Waals surface area (Å²) in [7, 11) is 0.635. The summed E-state index contributed by atoms with van der Waals surface area (Å²) < 4.78 is 38.5. The van der Waals surface area contributed by atoms with Gasteiger partial charge in [-0.15, -0.1) is 0 Å². The maximum atomic E-state index is 17.0. The van der Waals surface area contributed by atoms with Gasteiger partial charge in [0, 0.05) is 55.0 Å². The van der Waals surface area contributed by atoms with E-state index in [0.717, 1.165) is 42.7 Å². The van der Waals surface area contributed by atoms with Crippen LogP contribution in [0.25, 0.3) is 22.3 Å². The number of halogens is 2. The van der Waals surface area contributed by atoms with Gasteiger partial charge in [0.2, 0.25) is 5.95 Å². The van der Waals surface area contributed by atoms with Crippen LogP contribution in [-0.4, -0.2) is 53.3 Å². The second-order valence-electron chi connectivity index (χ2n) is 14.3. The number of ether oxygens (including phenoxy) is 1. The van der Waals surface area contributed by atoms with Gasteiger partial charge in [-0.25, -0.2) is 9.37 Å². The summed E-state index contributed by atoms with van der Waals surface area (Å²) in [5.74, 6) is 1.02. The van der Waals surface area contributed by atoms with E-state index in [0.29, 0.717) is 44.1 Å². The number of nitrogens with zero attached hydrogens (tertiary/aromatic N) is 5. The van der Waals surface area contributed by atoms with E-state index in [9.17, 15) is 4.57 Å². The van der Waals surface area contributed by atoms with E-state index in [1.54, 1.807) is 30.4 Å². The molecule has 6 rings (SSSR count). The van der Waals surface area contributed by atoms with E-state index in [1.165, 1.54) is 7.11 Å². The van der Waals surface area contributed by atoms with Gasteiger partial charge >= 0.3 is 0 Å². The van der Waals surface area contributed by atoms with Crippen molar-refractivity contribution < 1.29 is 13.7 Å². The molecule has 0 bridgehead atoms. The topological polar surface area (TPSA) is 97.2 Å². The van der Waals surface area contributed by atoms with Crippen LogP contribution in [0.2, 0.25) is 0 Å². The molecule has 1 fully saturated rings. The first kappa shape index (κ1) is 35.6. The first-order valence-electron chi connectivity index (χ1n) is 16.7. The molecule has 2 aromatic heterocycles. The Hall–Kier alpha value is -4.21. The first-order chi connectivity index (χ1) is 23.7. The van der Waals surface area contributed by atoms with Crippen molar-refractivity contribution in [2.24, 2.45) is 18.4 Å². The van der Waals surface area contributed by atoms with Crippen molar-refractivity contribution in [3.8, 4) is 28.0 Å². The molecule has 5 aromatic rings. The van der Waals surface area contributed by atoms with Crippen molar-refractivity contribution in [2.75, 3.05) is 49.1 Å². The molecule has 2 N–H and O–H groups in total. The fourth-order valence-electron chi connectivity index (χ4n) is 6.60. The lowest BCUT2D eigenvalue weighted by molar-refractivity contribution is 0.199. The summed E-state index contributed by atoms with van der Waals surface area (Å²) in [5, 5.41) is 11.5. The number of rotatable bonds is 9. The Morgan fingerprint density at radius 3 is 2.32 bits per heavy atom. The van der Waals surface area contributed by atoms with E-state index < -0.39 is 13.0 Å². The number of hydrogen-bond donors (Lipinski definition) is 2. The molecule has 0 saturated carbocycles. The molecule has 0 aliphatic carbocycles. The minimum absolute atomic E-state index is 0.118. The van der Waals surface area contributed by atoms with Crippen LogP contribution >= 0.6 is 23.1 Å². The molecule has 3 aromatic carbocycles. The SMILES string of the molecule is COc1cc(N2CCC(C(C)(C)C)CC2)c(-c2cnn(C)c2)c(F)c1Nc1ncc(Br)c(Nc2ccc(-c3ccccc3)cc2P(C)(C)=O)n1. The van der Waals surface area contributed by atoms with Gasteiger partial charge in [-0.2, -0.15) is 10.1 Å². The average molecular weight is 761 g/mol. The van der Waals surface area contributed by atoms with Gasteiger partial charge in [-0.05, 0) is 76.7 Å². The number of hydrogen-bond acceptors (Lipinski definition) is 8. The minimum Gasteiger partial charge on any atom is -0.494 e. The third-order valence-electron chi connectivity index (χ3n) is 9.40. The molecule has 3 heterocycles. The summed E-state index contributed by atoms with van der Waals surface area (Å²) in [5.41, 5.74) is 4.86. The molecular weight excluding hydrogens is 716 g/mol. The number of aryl methyl sites for hydroxylation is 1. The number of nitrogens with one attached hydrogen (secondary N) is 2. The molecular formula is C38H44BrFN7O2P. The van der Waals surface area contributed by atoms with Gasteiger partial charge in [0.15, 0.2) is 5.82 Å². The lowest BCUT2D eigenvalue weighted by atomic mass is 9.75. The monoisotopic (exact) mass is 759 g/mol. The van der Waals surface area contributed by atoms with E-state index in [1.807, 2.05) is 67.8 Å². The molecule has 9 nitrogen and oxygen atoms in total. The molecule has 0 radical (unpaired) electrons. The standard InChI is InChI=1S/C38H44BrFN7O2P/c1-38(2,3)27-15-17-47(18-16-27)30-20-31(49-5)35(34(40)33(30)26-21-42-46(4)23-26)44-37-41-22-28(39)36(45-37)43-29-14-13-25(19-32(29)50(6,7)48)24-11-9-8-10-12-24/h8-14,19-23,27H,15-18H2,1-7H3,(H2,41,43,44,45). The van der Waals surface area contributed by atoms with Gasteiger partial charge in [0.25, 0.3) is 0 Å². The number of piperidine rings is 1. The van der Waals surface area contributed by atoms with Gasteiger partial charge in [0.1, 0.15) is 24.4 Å². The average Bonchev–Trinajstić information content (AvgIpc) is 3.52. The highest BCUT2D eigenvalue weighted by atomic mass is 79.9. The Labute approximate surface area is 302 Å². The van der Waals surface area contributed by atoms with Crippen molar-refractivity contribution in [1.29, 1.82) is 0 Å². The van der Waals surface area contributed by atoms with Gasteiger partial charge in [-0.1, -0.05) is 57.2 Å². The number of methoxy groups -OCH3 is 1. The Morgan fingerprint density at radius 1 is 0.980 bits per heavy atom. The van der Waals surface area contributed by atoms with Crippen LogP contribution in [0.4, 0.5) is 33.2 Å². The van der Waals surface area contributed by atoms with Crippen LogP contribution in [0, 0.1) is 17.2 Å². The number of benzene rings is 3. The van der Waals surface area contributed by atoms with Crippen molar-refractivity contribution >= 4 is 57.2 Å². The van der Waals surface area contributed by atoms with Crippen LogP contribution in [0.5, 0.6) is 5.75 Å². The summed E-state index contributed by atoms with van der Waals surface area (Å²) in [4.78, 5) is 11.4. The van der Waals surface area contributed by atoms with E-state index in [4.69, 9.17) is 9.72 Å². The smallest absolute Gasteiger partial charge is 0.229 e. The molecule has 1 saturated heterocycles. The minimum atomic E-state index is -2.71. The third kappa shape index (κ3) is 7.59. The van der Waals surface area contributed by atoms with E-state index in [2.05, 4.69) is 62.3 Å². The Morgan fingerprint density at radius 2 is 1.70 bits per heavy atom. The number of aromatic nitrogens is 4. The van der Waals surface area contributed by atoms with Gasteiger partial charge in [-0.3, -0.25) is 4.68 Å². The zero-order valence-electron chi connectivity index (χ0n) is 29.6. The fraction of sp³-hybridized carbons (Fsp3) is 0.342. The van der Waals surface area contributed by atoms with Crippen LogP contribution in [0.1, 0.15) is 33.6 Å². The molecule has 0 amide bonds. The second-order valence-corrected chi connectivity index (χ2v) is 18.3. The molecule has 50 heavy (non-hydrogen) atoms. The van der Waals surface area contributed by atoms with Crippen LogP contribution in [-0.2, 0) is 11.6 Å². The lowest BCUT2D eigenvalue weighted by Gasteiger charge is -2.40. The van der Waals surface area contributed by atoms with Crippen molar-refractivity contribution in [1.82, 2.24) is 19.7 Å². The first-order valence-corrected chi connectivity index (χ1v) is 20.1.